The van der Waals surface area contributed by atoms with Crippen molar-refractivity contribution < 1.29 is 13.2 Å². The van der Waals surface area contributed by atoms with Crippen LogP contribution in [0.1, 0.15) is 32.1 Å². The van der Waals surface area contributed by atoms with Crippen molar-refractivity contribution in [2.24, 2.45) is 11.7 Å². The summed E-state index contributed by atoms with van der Waals surface area (Å²) < 4.78 is 27.4. The van der Waals surface area contributed by atoms with Crippen LogP contribution in [-0.2, 0) is 14.8 Å². The zero-order valence-electron chi connectivity index (χ0n) is 12.1. The lowest BCUT2D eigenvalue weighted by Gasteiger charge is -2.32. The standard InChI is InChI=1S/C15H19ClN2O3S/c16-11-5-3-6-12(9-11)22(20,21)18-13-7-2-1-4-10(13)8-14(18)15(17)19/h3,5-6,9-10,13-14H,1-2,4,7-8H2,(H2,17,19). The summed E-state index contributed by atoms with van der Waals surface area (Å²) in [7, 11) is -3.78. The van der Waals surface area contributed by atoms with Crippen LogP contribution in [0.25, 0.3) is 0 Å². The third-order valence-corrected chi connectivity index (χ3v) is 6.89. The smallest absolute Gasteiger partial charge is 0.244 e. The molecule has 0 bridgehead atoms. The van der Waals surface area contributed by atoms with E-state index in [4.69, 9.17) is 17.3 Å². The molecule has 3 unspecified atom stereocenters. The van der Waals surface area contributed by atoms with Gasteiger partial charge in [-0.15, -0.1) is 0 Å². The lowest BCUT2D eigenvalue weighted by molar-refractivity contribution is -0.121. The molecule has 5 nitrogen and oxygen atoms in total. The minimum Gasteiger partial charge on any atom is -0.368 e. The first-order chi connectivity index (χ1) is 10.4. The predicted octanol–water partition coefficient (Wildman–Crippen LogP) is 2.15. The number of sulfonamides is 1. The number of hydrogen-bond donors (Lipinski definition) is 1. The van der Waals surface area contributed by atoms with Gasteiger partial charge in [-0.25, -0.2) is 8.42 Å². The Hall–Kier alpha value is -1.11. The Balaban J connectivity index is 2.04. The Bertz CT molecular complexity index is 692. The summed E-state index contributed by atoms with van der Waals surface area (Å²) in [5.74, 6) is -0.347. The Kier molecular flexibility index (Phi) is 4.18. The van der Waals surface area contributed by atoms with E-state index >= 15 is 0 Å². The lowest BCUT2D eigenvalue weighted by Crippen LogP contribution is -2.48. The van der Waals surface area contributed by atoms with Crippen molar-refractivity contribution in [2.75, 3.05) is 0 Å². The summed E-state index contributed by atoms with van der Waals surface area (Å²) >= 11 is 5.92. The van der Waals surface area contributed by atoms with Gasteiger partial charge in [0.05, 0.1) is 4.90 Å². The van der Waals surface area contributed by atoms with Gasteiger partial charge in [0, 0.05) is 11.1 Å². The van der Waals surface area contributed by atoms with E-state index in [9.17, 15) is 13.2 Å². The van der Waals surface area contributed by atoms with Gasteiger partial charge in [0.15, 0.2) is 0 Å². The maximum absolute atomic E-state index is 13.0. The Morgan fingerprint density at radius 2 is 2.00 bits per heavy atom. The summed E-state index contributed by atoms with van der Waals surface area (Å²) in [4.78, 5) is 11.9. The van der Waals surface area contributed by atoms with Gasteiger partial charge in [-0.3, -0.25) is 4.79 Å². The minimum absolute atomic E-state index is 0.123. The summed E-state index contributed by atoms with van der Waals surface area (Å²) in [5, 5.41) is 0.357. The predicted molar refractivity (Wildman–Crippen MR) is 83.8 cm³/mol. The second-order valence-corrected chi connectivity index (χ2v) is 8.34. The average Bonchev–Trinajstić information content (AvgIpc) is 2.87. The number of primary amides is 1. The van der Waals surface area contributed by atoms with Crippen molar-refractivity contribution in [3.8, 4) is 0 Å². The molecule has 0 aromatic heterocycles. The molecule has 120 valence electrons. The van der Waals surface area contributed by atoms with Gasteiger partial charge in [-0.1, -0.05) is 30.5 Å². The molecule has 2 N–H and O–H groups in total. The van der Waals surface area contributed by atoms with Crippen LogP contribution in [0.15, 0.2) is 29.2 Å². The van der Waals surface area contributed by atoms with Gasteiger partial charge < -0.3 is 5.73 Å². The summed E-state index contributed by atoms with van der Waals surface area (Å²) in [5.41, 5.74) is 5.48. The molecule has 1 aliphatic carbocycles. The number of carbonyl (C=O) groups excluding carboxylic acids is 1. The van der Waals surface area contributed by atoms with E-state index in [2.05, 4.69) is 0 Å². The molecule has 1 heterocycles. The Morgan fingerprint density at radius 1 is 1.27 bits per heavy atom. The topological polar surface area (TPSA) is 80.5 Å². The maximum atomic E-state index is 13.0. The first-order valence-corrected chi connectivity index (χ1v) is 9.31. The van der Waals surface area contributed by atoms with E-state index in [0.29, 0.717) is 11.4 Å². The van der Waals surface area contributed by atoms with Gasteiger partial charge in [0.1, 0.15) is 6.04 Å². The quantitative estimate of drug-likeness (QED) is 0.913. The minimum atomic E-state index is -3.78. The summed E-state index contributed by atoms with van der Waals surface area (Å²) in [6, 6.07) is 5.27. The fourth-order valence-electron chi connectivity index (χ4n) is 3.76. The molecule has 22 heavy (non-hydrogen) atoms. The van der Waals surface area contributed by atoms with Crippen molar-refractivity contribution in [2.45, 2.75) is 49.1 Å². The van der Waals surface area contributed by atoms with Crippen LogP contribution in [-0.4, -0.2) is 30.7 Å². The number of nitrogens with two attached hydrogens (primary N) is 1. The first-order valence-electron chi connectivity index (χ1n) is 7.49. The zero-order valence-corrected chi connectivity index (χ0v) is 13.7. The van der Waals surface area contributed by atoms with Crippen LogP contribution in [0.3, 0.4) is 0 Å². The normalized spacial score (nSPS) is 29.2. The fourth-order valence-corrected chi connectivity index (χ4v) is 5.94. The van der Waals surface area contributed by atoms with E-state index in [-0.39, 0.29) is 16.9 Å². The molecule has 1 aromatic rings. The third kappa shape index (κ3) is 2.64. The number of rotatable bonds is 3. The van der Waals surface area contributed by atoms with Crippen molar-refractivity contribution in [1.82, 2.24) is 4.31 Å². The highest BCUT2D eigenvalue weighted by atomic mass is 35.5. The number of carbonyl (C=O) groups is 1. The van der Waals surface area contributed by atoms with Crippen molar-refractivity contribution in [3.63, 3.8) is 0 Å². The van der Waals surface area contributed by atoms with Gasteiger partial charge in [-0.05, 0) is 43.4 Å². The van der Waals surface area contributed by atoms with Crippen molar-refractivity contribution >= 4 is 27.5 Å². The highest BCUT2D eigenvalue weighted by Crippen LogP contribution is 2.42. The number of halogens is 1. The van der Waals surface area contributed by atoms with Crippen LogP contribution in [0, 0.1) is 5.92 Å². The number of hydrogen-bond acceptors (Lipinski definition) is 3. The van der Waals surface area contributed by atoms with E-state index < -0.39 is 22.0 Å². The molecule has 7 heteroatoms. The number of benzene rings is 1. The average molecular weight is 343 g/mol. The number of fused-ring (bicyclic) bond motifs is 1. The highest BCUT2D eigenvalue weighted by Gasteiger charge is 2.50. The first kappa shape index (κ1) is 15.8. The Morgan fingerprint density at radius 3 is 2.68 bits per heavy atom. The lowest BCUT2D eigenvalue weighted by atomic mass is 9.85. The summed E-state index contributed by atoms with van der Waals surface area (Å²) in [6.07, 6.45) is 4.33. The van der Waals surface area contributed by atoms with Crippen LogP contribution in [0.2, 0.25) is 5.02 Å². The molecule has 1 aromatic carbocycles. The molecule has 2 aliphatic rings. The van der Waals surface area contributed by atoms with Crippen LogP contribution < -0.4 is 5.73 Å². The van der Waals surface area contributed by atoms with Gasteiger partial charge in [0.2, 0.25) is 15.9 Å². The van der Waals surface area contributed by atoms with Crippen molar-refractivity contribution in [3.05, 3.63) is 29.3 Å². The largest absolute Gasteiger partial charge is 0.368 e. The molecule has 1 aliphatic heterocycles. The van der Waals surface area contributed by atoms with E-state index in [1.54, 1.807) is 12.1 Å². The fraction of sp³-hybridized carbons (Fsp3) is 0.533. The molecule has 3 rings (SSSR count). The molecule has 1 saturated carbocycles. The van der Waals surface area contributed by atoms with Crippen LogP contribution >= 0.6 is 11.6 Å². The maximum Gasteiger partial charge on any atom is 0.244 e. The molecular weight excluding hydrogens is 324 g/mol. The molecular formula is C15H19ClN2O3S. The monoisotopic (exact) mass is 342 g/mol. The molecule has 0 radical (unpaired) electrons. The third-order valence-electron chi connectivity index (χ3n) is 4.73. The van der Waals surface area contributed by atoms with E-state index in [1.807, 2.05) is 0 Å². The summed E-state index contributed by atoms with van der Waals surface area (Å²) in [6.45, 7) is 0. The van der Waals surface area contributed by atoms with Gasteiger partial charge in [0.25, 0.3) is 0 Å². The van der Waals surface area contributed by atoms with Gasteiger partial charge >= 0.3 is 0 Å². The highest BCUT2D eigenvalue weighted by molar-refractivity contribution is 7.89. The molecule has 1 saturated heterocycles. The van der Waals surface area contributed by atoms with Gasteiger partial charge in [-0.2, -0.15) is 4.31 Å². The van der Waals surface area contributed by atoms with E-state index in [1.165, 1.54) is 16.4 Å². The van der Waals surface area contributed by atoms with Crippen molar-refractivity contribution in [1.29, 1.82) is 0 Å². The number of nitrogens with zero attached hydrogens (tertiary/aromatic N) is 1. The number of amides is 1. The Labute approximate surface area is 135 Å². The molecule has 2 fully saturated rings. The molecule has 0 spiro atoms. The second-order valence-electron chi connectivity index (χ2n) is 6.06. The molecule has 3 atom stereocenters. The zero-order chi connectivity index (χ0) is 15.9. The second kappa shape index (κ2) is 5.83. The van der Waals surface area contributed by atoms with Crippen LogP contribution in [0.4, 0.5) is 0 Å². The molecule has 1 amide bonds. The SMILES string of the molecule is NC(=O)C1CC2CCCCC2N1S(=O)(=O)c1cccc(Cl)c1. The van der Waals surface area contributed by atoms with E-state index in [0.717, 1.165) is 25.7 Å². The van der Waals surface area contributed by atoms with Crippen LogP contribution in [0.5, 0.6) is 0 Å².